The predicted molar refractivity (Wildman–Crippen MR) is 79.3 cm³/mol. The highest BCUT2D eigenvalue weighted by molar-refractivity contribution is 8.13. The molecule has 18 heavy (non-hydrogen) atoms. The number of rotatable bonds is 5. The van der Waals surface area contributed by atoms with E-state index in [9.17, 15) is 0 Å². The molecule has 0 saturated carbocycles. The summed E-state index contributed by atoms with van der Waals surface area (Å²) in [6.07, 6.45) is 4.93. The minimum Gasteiger partial charge on any atom is -0.381 e. The maximum atomic E-state index is 5.39. The van der Waals surface area contributed by atoms with E-state index in [1.165, 1.54) is 31.4 Å². The van der Waals surface area contributed by atoms with E-state index in [4.69, 9.17) is 9.73 Å². The van der Waals surface area contributed by atoms with Gasteiger partial charge in [0.05, 0.1) is 0 Å². The quantitative estimate of drug-likeness (QED) is 0.834. The molecule has 1 fully saturated rings. The molecule has 3 nitrogen and oxygen atoms in total. The number of amidine groups is 1. The van der Waals surface area contributed by atoms with Crippen molar-refractivity contribution < 1.29 is 4.74 Å². The highest BCUT2D eigenvalue weighted by atomic mass is 32.2. The van der Waals surface area contributed by atoms with Gasteiger partial charge in [0.2, 0.25) is 0 Å². The Morgan fingerprint density at radius 3 is 2.83 bits per heavy atom. The molecular weight excluding hydrogens is 244 g/mol. The highest BCUT2D eigenvalue weighted by Crippen LogP contribution is 2.34. The Balaban J connectivity index is 1.69. The first-order valence-electron chi connectivity index (χ1n) is 7.27. The third-order valence-electron chi connectivity index (χ3n) is 4.43. The molecule has 2 aliphatic rings. The van der Waals surface area contributed by atoms with Crippen LogP contribution in [0, 0.1) is 11.3 Å². The van der Waals surface area contributed by atoms with Gasteiger partial charge in [0.25, 0.3) is 0 Å². The van der Waals surface area contributed by atoms with Crippen LogP contribution in [0.25, 0.3) is 0 Å². The van der Waals surface area contributed by atoms with Gasteiger partial charge in [-0.25, -0.2) is 0 Å². The van der Waals surface area contributed by atoms with Gasteiger partial charge in [0.15, 0.2) is 5.17 Å². The summed E-state index contributed by atoms with van der Waals surface area (Å²) in [6, 6.07) is 0. The second-order valence-electron chi connectivity index (χ2n) is 5.56. The summed E-state index contributed by atoms with van der Waals surface area (Å²) in [5.41, 5.74) is 0.454. The van der Waals surface area contributed by atoms with Gasteiger partial charge >= 0.3 is 0 Å². The van der Waals surface area contributed by atoms with Crippen LogP contribution in [0.3, 0.4) is 0 Å². The zero-order chi connectivity index (χ0) is 12.8. The molecule has 0 radical (unpaired) electrons. The molecule has 2 rings (SSSR count). The van der Waals surface area contributed by atoms with E-state index in [0.717, 1.165) is 37.4 Å². The van der Waals surface area contributed by atoms with Gasteiger partial charge in [-0.3, -0.25) is 4.99 Å². The smallest absolute Gasteiger partial charge is 0.156 e. The first-order valence-corrected chi connectivity index (χ1v) is 8.25. The highest BCUT2D eigenvalue weighted by Gasteiger charge is 2.30. The monoisotopic (exact) mass is 270 g/mol. The first kappa shape index (κ1) is 14.2. The molecule has 0 aromatic carbocycles. The van der Waals surface area contributed by atoms with Crippen LogP contribution in [-0.4, -0.2) is 37.2 Å². The Kier molecular flexibility index (Phi) is 5.37. The van der Waals surface area contributed by atoms with E-state index in [1.807, 2.05) is 11.8 Å². The summed E-state index contributed by atoms with van der Waals surface area (Å²) in [7, 11) is 0. The number of hydrogen-bond acceptors (Lipinski definition) is 4. The van der Waals surface area contributed by atoms with Crippen molar-refractivity contribution in [3.8, 4) is 0 Å². The zero-order valence-electron chi connectivity index (χ0n) is 11.7. The maximum Gasteiger partial charge on any atom is 0.156 e. The molecule has 2 aliphatic heterocycles. The van der Waals surface area contributed by atoms with Crippen molar-refractivity contribution in [3.05, 3.63) is 0 Å². The van der Waals surface area contributed by atoms with Gasteiger partial charge in [-0.2, -0.15) is 0 Å². The van der Waals surface area contributed by atoms with Crippen molar-refractivity contribution in [2.45, 2.75) is 39.5 Å². The summed E-state index contributed by atoms with van der Waals surface area (Å²) in [5.74, 6) is 1.98. The Hall–Kier alpha value is -0.220. The largest absolute Gasteiger partial charge is 0.381 e. The van der Waals surface area contributed by atoms with Crippen molar-refractivity contribution in [2.24, 2.45) is 16.3 Å². The Bertz CT molecular complexity index is 284. The summed E-state index contributed by atoms with van der Waals surface area (Å²) < 4.78 is 5.39. The number of nitrogens with one attached hydrogen (secondary N) is 1. The Morgan fingerprint density at radius 2 is 2.28 bits per heavy atom. The molecular formula is C14H26N2OS. The summed E-state index contributed by atoms with van der Waals surface area (Å²) in [6.45, 7) is 8.54. The molecule has 1 unspecified atom stereocenters. The molecule has 0 amide bonds. The molecule has 2 heterocycles. The van der Waals surface area contributed by atoms with Crippen LogP contribution in [0.4, 0.5) is 0 Å². The van der Waals surface area contributed by atoms with Crippen molar-refractivity contribution >= 4 is 16.9 Å². The first-order chi connectivity index (χ1) is 8.78. The van der Waals surface area contributed by atoms with Crippen molar-refractivity contribution in [2.75, 3.05) is 32.1 Å². The molecule has 0 aromatic heterocycles. The summed E-state index contributed by atoms with van der Waals surface area (Å²) >= 11 is 1.91. The maximum absolute atomic E-state index is 5.39. The van der Waals surface area contributed by atoms with Gasteiger partial charge in [0.1, 0.15) is 0 Å². The Morgan fingerprint density at radius 1 is 1.44 bits per heavy atom. The van der Waals surface area contributed by atoms with E-state index in [1.54, 1.807) is 0 Å². The van der Waals surface area contributed by atoms with E-state index < -0.39 is 0 Å². The molecule has 1 saturated heterocycles. The van der Waals surface area contributed by atoms with Gasteiger partial charge in [-0.1, -0.05) is 25.6 Å². The molecule has 1 N–H and O–H groups in total. The number of aliphatic imine (C=N–C) groups is 1. The number of nitrogens with zero attached hydrogens (tertiary/aromatic N) is 1. The van der Waals surface area contributed by atoms with Crippen molar-refractivity contribution in [1.29, 1.82) is 0 Å². The van der Waals surface area contributed by atoms with E-state index in [0.29, 0.717) is 5.41 Å². The molecule has 0 aliphatic carbocycles. The fourth-order valence-electron chi connectivity index (χ4n) is 2.53. The number of ether oxygens (including phenoxy) is 1. The Labute approximate surface area is 115 Å². The average molecular weight is 270 g/mol. The zero-order valence-corrected chi connectivity index (χ0v) is 12.5. The minimum absolute atomic E-state index is 0.454. The molecule has 1 atom stereocenters. The molecule has 0 bridgehead atoms. The minimum atomic E-state index is 0.454. The predicted octanol–water partition coefficient (Wildman–Crippen LogP) is 2.91. The fraction of sp³-hybridized carbons (Fsp3) is 0.929. The topological polar surface area (TPSA) is 33.6 Å². The molecule has 4 heteroatoms. The van der Waals surface area contributed by atoms with Crippen LogP contribution in [0.1, 0.15) is 39.5 Å². The van der Waals surface area contributed by atoms with Gasteiger partial charge in [-0.05, 0) is 37.0 Å². The van der Waals surface area contributed by atoms with Crippen LogP contribution in [0.15, 0.2) is 4.99 Å². The number of thioether (sulfide) groups is 1. The van der Waals surface area contributed by atoms with E-state index in [-0.39, 0.29) is 0 Å². The molecule has 104 valence electrons. The van der Waals surface area contributed by atoms with Crippen LogP contribution in [0.5, 0.6) is 0 Å². The second kappa shape index (κ2) is 6.80. The summed E-state index contributed by atoms with van der Waals surface area (Å²) in [4.78, 5) is 4.73. The van der Waals surface area contributed by atoms with Gasteiger partial charge in [0, 0.05) is 32.1 Å². The van der Waals surface area contributed by atoms with Gasteiger partial charge < -0.3 is 10.1 Å². The standard InChI is InChI=1S/C14H26N2OS/c1-3-14(4-2)10-16-13(18-11-14)15-7-5-12-6-8-17-9-12/h12H,3-11H2,1-2H3,(H,15,16). The van der Waals surface area contributed by atoms with Crippen LogP contribution >= 0.6 is 11.8 Å². The number of hydrogen-bond donors (Lipinski definition) is 1. The third kappa shape index (κ3) is 3.64. The third-order valence-corrected chi connectivity index (χ3v) is 5.73. The summed E-state index contributed by atoms with van der Waals surface area (Å²) in [5, 5.41) is 4.65. The average Bonchev–Trinajstić information content (AvgIpc) is 2.93. The SMILES string of the molecule is CCC1(CC)CN=C(NCCC2CCOC2)SC1. The van der Waals surface area contributed by atoms with E-state index in [2.05, 4.69) is 19.2 Å². The van der Waals surface area contributed by atoms with Gasteiger partial charge in [-0.15, -0.1) is 0 Å². The van der Waals surface area contributed by atoms with Crippen molar-refractivity contribution in [3.63, 3.8) is 0 Å². The molecule has 0 aromatic rings. The van der Waals surface area contributed by atoms with E-state index >= 15 is 0 Å². The molecule has 0 spiro atoms. The lowest BCUT2D eigenvalue weighted by molar-refractivity contribution is 0.184. The fourth-order valence-corrected chi connectivity index (χ4v) is 3.83. The lowest BCUT2D eigenvalue weighted by Crippen LogP contribution is -2.35. The van der Waals surface area contributed by atoms with Crippen molar-refractivity contribution in [1.82, 2.24) is 5.32 Å². The van der Waals surface area contributed by atoms with Crippen LogP contribution < -0.4 is 5.32 Å². The lowest BCUT2D eigenvalue weighted by atomic mass is 9.84. The lowest BCUT2D eigenvalue weighted by Gasteiger charge is -2.33. The normalized spacial score (nSPS) is 27.0. The second-order valence-corrected chi connectivity index (χ2v) is 6.53. The van der Waals surface area contributed by atoms with Crippen LogP contribution in [0.2, 0.25) is 0 Å². The van der Waals surface area contributed by atoms with Crippen LogP contribution in [-0.2, 0) is 4.74 Å².